The molecular weight excluding hydrogens is 563 g/mol. The molecule has 14 heteroatoms. The number of aliphatic hydroxyl groups excluding tert-OH is 4. The quantitative estimate of drug-likeness (QED) is 0.218. The normalized spacial score (nSPS) is 14.4. The van der Waals surface area contributed by atoms with Gasteiger partial charge in [-0.25, -0.2) is 0 Å². The first-order valence-electron chi connectivity index (χ1n) is 4.49. The second-order valence-corrected chi connectivity index (χ2v) is 3.06. The maximum absolute atomic E-state index is 9.63. The molecule has 0 aliphatic carbocycles. The minimum absolute atomic E-state index is 0. The van der Waals surface area contributed by atoms with Gasteiger partial charge in [0.1, 0.15) is 24.4 Å². The van der Waals surface area contributed by atoms with Crippen LogP contribution in [0.1, 0.15) is 0 Å². The van der Waals surface area contributed by atoms with Gasteiger partial charge in [0.2, 0.25) is 0 Å². The van der Waals surface area contributed by atoms with E-state index in [1.807, 2.05) is 0 Å². The summed E-state index contributed by atoms with van der Waals surface area (Å²) in [4.78, 5) is 38.5. The van der Waals surface area contributed by atoms with E-state index < -0.39 is 48.3 Å². The van der Waals surface area contributed by atoms with Gasteiger partial charge >= 0.3 is 97.8 Å². The van der Waals surface area contributed by atoms with E-state index in [1.165, 1.54) is 0 Å². The summed E-state index contributed by atoms with van der Waals surface area (Å²) in [6.07, 6.45) is -9.76. The van der Waals surface area contributed by atoms with Crippen molar-refractivity contribution in [1.29, 1.82) is 0 Å². The minimum atomic E-state index is -2.44. The molecule has 0 saturated carbocycles. The van der Waals surface area contributed by atoms with Gasteiger partial charge in [-0.2, -0.15) is 0 Å². The van der Waals surface area contributed by atoms with Crippen LogP contribution < -0.4 is 20.4 Å². The Morgan fingerprint density at radius 3 is 0.636 bits per heavy atom. The number of carboxylic acid groups (broad SMARTS) is 4. The van der Waals surface area contributed by atoms with Crippen LogP contribution in [0.2, 0.25) is 0 Å². The number of aliphatic hydroxyl groups is 4. The van der Waals surface area contributed by atoms with Crippen LogP contribution in [-0.2, 0) is 19.2 Å². The summed E-state index contributed by atoms with van der Waals surface area (Å²) < 4.78 is 0. The van der Waals surface area contributed by atoms with Gasteiger partial charge in [0, 0.05) is 0 Å². The molecule has 0 aliphatic rings. The fourth-order valence-corrected chi connectivity index (χ4v) is 0.516. The van der Waals surface area contributed by atoms with E-state index in [0.29, 0.717) is 0 Å². The summed E-state index contributed by atoms with van der Waals surface area (Å²) in [5, 5.41) is 71.5. The largest absolute Gasteiger partial charge is 2.00 e. The van der Waals surface area contributed by atoms with Gasteiger partial charge in [-0.15, -0.1) is 0 Å². The zero-order valence-corrected chi connectivity index (χ0v) is 19.7. The van der Waals surface area contributed by atoms with E-state index in [2.05, 4.69) is 0 Å². The molecule has 4 N–H and O–H groups in total. The van der Waals surface area contributed by atoms with Crippen molar-refractivity contribution < 1.29 is 60.0 Å². The molecule has 0 amide bonds. The molecule has 0 aliphatic heterocycles. The van der Waals surface area contributed by atoms with Crippen molar-refractivity contribution in [3.05, 3.63) is 0 Å². The molecule has 0 saturated heterocycles. The Morgan fingerprint density at radius 1 is 0.500 bits per heavy atom. The van der Waals surface area contributed by atoms with Crippen LogP contribution >= 0.6 is 0 Å². The summed E-state index contributed by atoms with van der Waals surface area (Å²) in [6.45, 7) is 0. The number of hydrogen-bond donors (Lipinski definition) is 4. The summed E-state index contributed by atoms with van der Waals surface area (Å²) in [5.74, 6) is -8.23. The Balaban J connectivity index is -0.000000135. The Hall–Kier alpha value is 0.863. The minimum Gasteiger partial charge on any atom is -0.547 e. The summed E-state index contributed by atoms with van der Waals surface area (Å²) in [7, 11) is 0. The average Bonchev–Trinajstić information content (AvgIpc) is 2.35. The number of aliphatic carboxylic acids is 4. The zero-order chi connectivity index (χ0) is 16.6. The first-order valence-corrected chi connectivity index (χ1v) is 4.49. The first-order chi connectivity index (χ1) is 8.93. The Morgan fingerprint density at radius 2 is 0.591 bits per heavy atom. The number of carboxylic acids is 4. The molecule has 0 radical (unpaired) electrons. The van der Waals surface area contributed by atoms with Crippen molar-refractivity contribution in [2.45, 2.75) is 24.4 Å². The van der Waals surface area contributed by atoms with E-state index in [9.17, 15) is 39.6 Å². The standard InChI is InChI=1S/2C4H6O6.2Ba/c2*5-1(3(7)8)2(6)4(9)10;;/h2*1-2,5-6H,(H,7,8)(H,9,10);;/q;;2*+2/p-4. The van der Waals surface area contributed by atoms with Crippen LogP contribution in [0.15, 0.2) is 0 Å². The van der Waals surface area contributed by atoms with Crippen LogP contribution in [-0.4, -0.2) is 166 Å². The average molecular weight is 571 g/mol. The molecule has 0 fully saturated rings. The molecule has 4 unspecified atom stereocenters. The molecule has 0 bridgehead atoms. The monoisotopic (exact) mass is 572 g/mol. The number of carbonyl (C=O) groups is 4. The molecule has 4 atom stereocenters. The molecular formula is C8H8Ba2O12. The van der Waals surface area contributed by atoms with Gasteiger partial charge in [0.25, 0.3) is 0 Å². The Labute approximate surface area is 202 Å². The van der Waals surface area contributed by atoms with Crippen LogP contribution in [0.3, 0.4) is 0 Å². The van der Waals surface area contributed by atoms with Crippen molar-refractivity contribution in [3.8, 4) is 0 Å². The fraction of sp³-hybridized carbons (Fsp3) is 0.500. The van der Waals surface area contributed by atoms with E-state index in [0.717, 1.165) is 0 Å². The van der Waals surface area contributed by atoms with Crippen molar-refractivity contribution in [1.82, 2.24) is 0 Å². The summed E-state index contributed by atoms with van der Waals surface area (Å²) in [6, 6.07) is 0. The molecule has 0 aromatic carbocycles. The van der Waals surface area contributed by atoms with Crippen molar-refractivity contribution in [2.75, 3.05) is 0 Å². The second kappa shape index (κ2) is 15.4. The third-order valence-corrected chi connectivity index (χ3v) is 1.56. The third-order valence-electron chi connectivity index (χ3n) is 1.56. The van der Waals surface area contributed by atoms with Gasteiger partial charge < -0.3 is 60.0 Å². The summed E-state index contributed by atoms with van der Waals surface area (Å²) >= 11 is 0. The molecule has 116 valence electrons. The second-order valence-electron chi connectivity index (χ2n) is 3.06. The van der Waals surface area contributed by atoms with Gasteiger partial charge in [-0.1, -0.05) is 0 Å². The van der Waals surface area contributed by atoms with Gasteiger partial charge in [0.05, 0.1) is 23.9 Å². The van der Waals surface area contributed by atoms with Crippen molar-refractivity contribution in [3.63, 3.8) is 0 Å². The SMILES string of the molecule is O=C([O-])C(O)C(O)C(=O)[O-].O=C([O-])C(O)C(O)C(=O)[O-].[Ba+2].[Ba+2]. The third kappa shape index (κ3) is 13.3. The van der Waals surface area contributed by atoms with E-state index in [4.69, 9.17) is 20.4 Å². The number of hydrogen-bond acceptors (Lipinski definition) is 12. The van der Waals surface area contributed by atoms with Crippen LogP contribution in [0.4, 0.5) is 0 Å². The van der Waals surface area contributed by atoms with Crippen LogP contribution in [0, 0.1) is 0 Å². The van der Waals surface area contributed by atoms with E-state index >= 15 is 0 Å². The maximum atomic E-state index is 9.63. The maximum Gasteiger partial charge on any atom is 2.00 e. The smallest absolute Gasteiger partial charge is 0.547 e. The Bertz CT molecular complexity index is 313. The molecule has 0 aromatic heterocycles. The first kappa shape index (κ1) is 30.7. The Kier molecular flexibility index (Phi) is 21.5. The van der Waals surface area contributed by atoms with E-state index in [-0.39, 0.29) is 97.8 Å². The number of rotatable bonds is 6. The molecule has 0 spiro atoms. The molecule has 12 nitrogen and oxygen atoms in total. The van der Waals surface area contributed by atoms with E-state index in [1.54, 1.807) is 0 Å². The molecule has 0 aromatic rings. The molecule has 22 heavy (non-hydrogen) atoms. The fourth-order valence-electron chi connectivity index (χ4n) is 0.516. The predicted octanol–water partition coefficient (Wildman–Crippen LogP) is -10.3. The molecule has 0 rings (SSSR count). The van der Waals surface area contributed by atoms with Gasteiger partial charge in [-0.05, 0) is 0 Å². The number of carbonyl (C=O) groups excluding carboxylic acids is 4. The van der Waals surface area contributed by atoms with Crippen molar-refractivity contribution in [2.24, 2.45) is 0 Å². The summed E-state index contributed by atoms with van der Waals surface area (Å²) in [5.41, 5.74) is 0. The van der Waals surface area contributed by atoms with Crippen LogP contribution in [0.5, 0.6) is 0 Å². The van der Waals surface area contributed by atoms with Crippen molar-refractivity contribution >= 4 is 122 Å². The van der Waals surface area contributed by atoms with Crippen LogP contribution in [0.25, 0.3) is 0 Å². The predicted molar refractivity (Wildman–Crippen MR) is 55.6 cm³/mol. The zero-order valence-electron chi connectivity index (χ0n) is 10.8. The van der Waals surface area contributed by atoms with Gasteiger partial charge in [-0.3, -0.25) is 0 Å². The van der Waals surface area contributed by atoms with Gasteiger partial charge in [0.15, 0.2) is 0 Å². The molecule has 0 heterocycles. The topological polar surface area (TPSA) is 241 Å².